The Hall–Kier alpha value is -2.13. The normalized spacial score (nSPS) is 11.8. The van der Waals surface area contributed by atoms with Gasteiger partial charge in [0.25, 0.3) is 0 Å². The lowest BCUT2D eigenvalue weighted by molar-refractivity contribution is 0.112. The van der Waals surface area contributed by atoms with Gasteiger partial charge in [0.05, 0.1) is 12.6 Å². The smallest absolute Gasteiger partial charge is 0.150 e. The number of aldehydes is 1. The van der Waals surface area contributed by atoms with Crippen LogP contribution in [-0.4, -0.2) is 18.0 Å². The average molecular weight is 241 g/mol. The summed E-state index contributed by atoms with van der Waals surface area (Å²) in [4.78, 5) is 10.6. The van der Waals surface area contributed by atoms with E-state index < -0.39 is 0 Å². The van der Waals surface area contributed by atoms with E-state index in [4.69, 9.17) is 0 Å². The fourth-order valence-electron chi connectivity index (χ4n) is 1.78. The Balaban J connectivity index is 2.12. The minimum Gasteiger partial charge on any atom is -0.394 e. The Morgan fingerprint density at radius 2 is 1.72 bits per heavy atom. The number of aliphatic hydroxyl groups excluding tert-OH is 1. The van der Waals surface area contributed by atoms with Crippen LogP contribution in [0.1, 0.15) is 22.0 Å². The molecule has 2 rings (SSSR count). The van der Waals surface area contributed by atoms with Crippen molar-refractivity contribution < 1.29 is 9.90 Å². The van der Waals surface area contributed by atoms with Crippen LogP contribution in [0.5, 0.6) is 0 Å². The molecule has 0 spiro atoms. The molecule has 0 aliphatic rings. The molecule has 2 N–H and O–H groups in total. The monoisotopic (exact) mass is 241 g/mol. The fourth-order valence-corrected chi connectivity index (χ4v) is 1.78. The van der Waals surface area contributed by atoms with Gasteiger partial charge < -0.3 is 10.4 Å². The van der Waals surface area contributed by atoms with E-state index in [9.17, 15) is 9.90 Å². The molecule has 0 fully saturated rings. The molecule has 0 aliphatic carbocycles. The van der Waals surface area contributed by atoms with Crippen molar-refractivity contribution in [3.05, 3.63) is 65.7 Å². The van der Waals surface area contributed by atoms with Crippen LogP contribution in [0.25, 0.3) is 0 Å². The number of benzene rings is 2. The van der Waals surface area contributed by atoms with E-state index >= 15 is 0 Å². The molecule has 0 amide bonds. The molecule has 0 saturated carbocycles. The molecule has 2 aromatic carbocycles. The number of aliphatic hydroxyl groups is 1. The van der Waals surface area contributed by atoms with Gasteiger partial charge in [-0.3, -0.25) is 4.79 Å². The SMILES string of the molecule is O=Cc1ccc(N[C@H](CO)c2ccccc2)cc1. The van der Waals surface area contributed by atoms with Gasteiger partial charge in [-0.25, -0.2) is 0 Å². The minimum absolute atomic E-state index is 0.0133. The largest absolute Gasteiger partial charge is 0.394 e. The predicted molar refractivity (Wildman–Crippen MR) is 71.7 cm³/mol. The molecule has 1 atom stereocenters. The van der Waals surface area contributed by atoms with Crippen molar-refractivity contribution in [3.63, 3.8) is 0 Å². The van der Waals surface area contributed by atoms with Gasteiger partial charge in [-0.1, -0.05) is 30.3 Å². The Bertz CT molecular complexity index is 494. The van der Waals surface area contributed by atoms with Crippen LogP contribution in [0.4, 0.5) is 5.69 Å². The second-order valence-corrected chi connectivity index (χ2v) is 4.03. The number of rotatable bonds is 5. The van der Waals surface area contributed by atoms with Crippen LogP contribution in [0.3, 0.4) is 0 Å². The Morgan fingerprint density at radius 3 is 2.28 bits per heavy atom. The third-order valence-corrected chi connectivity index (χ3v) is 2.77. The van der Waals surface area contributed by atoms with Crippen LogP contribution in [0, 0.1) is 0 Å². The molecule has 18 heavy (non-hydrogen) atoms. The van der Waals surface area contributed by atoms with Gasteiger partial charge in [0.1, 0.15) is 6.29 Å². The summed E-state index contributed by atoms with van der Waals surface area (Å²) in [5.74, 6) is 0. The maximum absolute atomic E-state index is 10.6. The molecule has 0 aliphatic heterocycles. The fraction of sp³-hybridized carbons (Fsp3) is 0.133. The van der Waals surface area contributed by atoms with Gasteiger partial charge in [0.15, 0.2) is 0 Å². The molecule has 3 nitrogen and oxygen atoms in total. The van der Waals surface area contributed by atoms with E-state index in [1.165, 1.54) is 0 Å². The molecule has 0 bridgehead atoms. The molecule has 0 unspecified atom stereocenters. The summed E-state index contributed by atoms with van der Waals surface area (Å²) in [6.07, 6.45) is 0.810. The first-order valence-electron chi connectivity index (χ1n) is 5.81. The summed E-state index contributed by atoms with van der Waals surface area (Å²) in [6.45, 7) is 0.0133. The van der Waals surface area contributed by atoms with Crippen LogP contribution < -0.4 is 5.32 Å². The molecule has 2 aromatic rings. The summed E-state index contributed by atoms with van der Waals surface area (Å²) in [7, 11) is 0. The van der Waals surface area contributed by atoms with Gasteiger partial charge >= 0.3 is 0 Å². The van der Waals surface area contributed by atoms with Crippen molar-refractivity contribution >= 4 is 12.0 Å². The third-order valence-electron chi connectivity index (χ3n) is 2.77. The summed E-state index contributed by atoms with van der Waals surface area (Å²) in [5.41, 5.74) is 2.55. The number of hydrogen-bond acceptors (Lipinski definition) is 3. The average Bonchev–Trinajstić information content (AvgIpc) is 2.46. The Labute approximate surface area is 106 Å². The standard InChI is InChI=1S/C15H15NO2/c17-10-12-6-8-14(9-7-12)16-15(11-18)13-4-2-1-3-5-13/h1-10,15-16,18H,11H2/t15-/m1/s1. The van der Waals surface area contributed by atoms with Crippen molar-refractivity contribution in [1.29, 1.82) is 0 Å². The maximum atomic E-state index is 10.6. The molecule has 0 radical (unpaired) electrons. The molecule has 3 heteroatoms. The number of anilines is 1. The lowest BCUT2D eigenvalue weighted by Crippen LogP contribution is -2.14. The number of carbonyl (C=O) groups is 1. The lowest BCUT2D eigenvalue weighted by Gasteiger charge is -2.18. The van der Waals surface area contributed by atoms with Crippen LogP contribution in [-0.2, 0) is 0 Å². The number of carbonyl (C=O) groups excluding carboxylic acids is 1. The molecule has 0 saturated heterocycles. The first-order chi connectivity index (χ1) is 8.83. The zero-order valence-electron chi connectivity index (χ0n) is 9.91. The number of nitrogens with one attached hydrogen (secondary N) is 1. The van der Waals surface area contributed by atoms with Crippen LogP contribution in [0.15, 0.2) is 54.6 Å². The minimum atomic E-state index is -0.145. The van der Waals surface area contributed by atoms with Crippen molar-refractivity contribution in [2.75, 3.05) is 11.9 Å². The van der Waals surface area contributed by atoms with E-state index in [0.717, 1.165) is 17.5 Å². The zero-order valence-corrected chi connectivity index (χ0v) is 9.91. The molecular formula is C15H15NO2. The van der Waals surface area contributed by atoms with Gasteiger partial charge in [-0.15, -0.1) is 0 Å². The highest BCUT2D eigenvalue weighted by Crippen LogP contribution is 2.19. The van der Waals surface area contributed by atoms with Gasteiger partial charge in [-0.05, 0) is 29.8 Å². The van der Waals surface area contributed by atoms with E-state index in [1.54, 1.807) is 12.1 Å². The van der Waals surface area contributed by atoms with E-state index in [0.29, 0.717) is 5.56 Å². The second-order valence-electron chi connectivity index (χ2n) is 4.03. The van der Waals surface area contributed by atoms with Gasteiger partial charge in [0.2, 0.25) is 0 Å². The topological polar surface area (TPSA) is 49.3 Å². The zero-order chi connectivity index (χ0) is 12.8. The highest BCUT2D eigenvalue weighted by atomic mass is 16.3. The maximum Gasteiger partial charge on any atom is 0.150 e. The lowest BCUT2D eigenvalue weighted by atomic mass is 10.1. The van der Waals surface area contributed by atoms with Crippen molar-refractivity contribution in [2.24, 2.45) is 0 Å². The summed E-state index contributed by atoms with van der Waals surface area (Å²) in [6, 6.07) is 16.8. The number of hydrogen-bond donors (Lipinski definition) is 2. The molecular weight excluding hydrogens is 226 g/mol. The van der Waals surface area contributed by atoms with E-state index in [2.05, 4.69) is 5.32 Å². The summed E-state index contributed by atoms with van der Waals surface area (Å²) in [5, 5.41) is 12.7. The first kappa shape index (κ1) is 12.3. The third kappa shape index (κ3) is 2.96. The van der Waals surface area contributed by atoms with Crippen molar-refractivity contribution in [3.8, 4) is 0 Å². The molecule has 92 valence electrons. The molecule has 0 aromatic heterocycles. The Morgan fingerprint density at radius 1 is 1.06 bits per heavy atom. The van der Waals surface area contributed by atoms with Gasteiger partial charge in [0, 0.05) is 11.3 Å². The molecule has 0 heterocycles. The highest BCUT2D eigenvalue weighted by molar-refractivity contribution is 5.75. The quantitative estimate of drug-likeness (QED) is 0.791. The van der Waals surface area contributed by atoms with E-state index in [-0.39, 0.29) is 12.6 Å². The second kappa shape index (κ2) is 5.98. The van der Waals surface area contributed by atoms with Crippen molar-refractivity contribution in [1.82, 2.24) is 0 Å². The predicted octanol–water partition coefficient (Wildman–Crippen LogP) is 2.64. The first-order valence-corrected chi connectivity index (χ1v) is 5.81. The Kier molecular flexibility index (Phi) is 4.10. The highest BCUT2D eigenvalue weighted by Gasteiger charge is 2.09. The van der Waals surface area contributed by atoms with Gasteiger partial charge in [-0.2, -0.15) is 0 Å². The summed E-state index contributed by atoms with van der Waals surface area (Å²) >= 11 is 0. The van der Waals surface area contributed by atoms with Crippen LogP contribution >= 0.6 is 0 Å². The van der Waals surface area contributed by atoms with Crippen LogP contribution in [0.2, 0.25) is 0 Å². The van der Waals surface area contributed by atoms with Crippen molar-refractivity contribution in [2.45, 2.75) is 6.04 Å². The van der Waals surface area contributed by atoms with E-state index in [1.807, 2.05) is 42.5 Å². The summed E-state index contributed by atoms with van der Waals surface area (Å²) < 4.78 is 0.